The normalized spacial score (nSPS) is 11.1. The molecule has 19 heavy (non-hydrogen) atoms. The molecule has 0 radical (unpaired) electrons. The number of hydrogen-bond acceptors (Lipinski definition) is 1. The predicted molar refractivity (Wildman–Crippen MR) is 61.6 cm³/mol. The average Bonchev–Trinajstić information content (AvgIpc) is 2.37. The molecule has 0 atom stereocenters. The van der Waals surface area contributed by atoms with Gasteiger partial charge in [-0.05, 0) is 29.3 Å². The Balaban J connectivity index is 2.61. The fourth-order valence-corrected chi connectivity index (χ4v) is 1.76. The number of rotatable bonds is 1. The fourth-order valence-electron chi connectivity index (χ4n) is 1.76. The molecule has 0 aromatic heterocycles. The van der Waals surface area contributed by atoms with Crippen LogP contribution in [0.15, 0.2) is 42.5 Å². The van der Waals surface area contributed by atoms with E-state index < -0.39 is 17.6 Å². The third-order valence-corrected chi connectivity index (χ3v) is 2.63. The Bertz CT molecular complexity index is 653. The van der Waals surface area contributed by atoms with Crippen molar-refractivity contribution in [2.45, 2.75) is 6.18 Å². The Labute approximate surface area is 106 Å². The molecule has 0 N–H and O–H groups in total. The molecular weight excluding hydrogens is 258 g/mol. The van der Waals surface area contributed by atoms with Gasteiger partial charge in [0.05, 0.1) is 11.1 Å². The highest BCUT2D eigenvalue weighted by Crippen LogP contribution is 2.37. The van der Waals surface area contributed by atoms with Gasteiger partial charge in [0.15, 0.2) is 0 Å². The lowest BCUT2D eigenvalue weighted by Gasteiger charge is -2.12. The average molecular weight is 265 g/mol. The molecule has 0 bridgehead atoms. The SMILES string of the molecule is N#Cc1ccc(-c2ccccc2C(F)(F)F)cc1F. The van der Waals surface area contributed by atoms with Crippen LogP contribution in [0.1, 0.15) is 11.1 Å². The highest BCUT2D eigenvalue weighted by Gasteiger charge is 2.33. The van der Waals surface area contributed by atoms with Crippen LogP contribution < -0.4 is 0 Å². The number of nitriles is 1. The Hall–Kier alpha value is -2.35. The lowest BCUT2D eigenvalue weighted by atomic mass is 9.98. The van der Waals surface area contributed by atoms with Crippen LogP contribution in [0.4, 0.5) is 17.6 Å². The molecule has 1 nitrogen and oxygen atoms in total. The van der Waals surface area contributed by atoms with E-state index in [-0.39, 0.29) is 16.7 Å². The summed E-state index contributed by atoms with van der Waals surface area (Å²) in [5.41, 5.74) is -1.06. The van der Waals surface area contributed by atoms with Gasteiger partial charge in [-0.1, -0.05) is 24.3 Å². The number of alkyl halides is 3. The Morgan fingerprint density at radius 1 is 1.00 bits per heavy atom. The Morgan fingerprint density at radius 3 is 2.26 bits per heavy atom. The zero-order valence-electron chi connectivity index (χ0n) is 9.50. The highest BCUT2D eigenvalue weighted by atomic mass is 19.4. The second-order valence-corrected chi connectivity index (χ2v) is 3.85. The van der Waals surface area contributed by atoms with Gasteiger partial charge in [0.1, 0.15) is 11.9 Å². The predicted octanol–water partition coefficient (Wildman–Crippen LogP) is 4.38. The Morgan fingerprint density at radius 2 is 1.68 bits per heavy atom. The van der Waals surface area contributed by atoms with E-state index in [4.69, 9.17) is 5.26 Å². The summed E-state index contributed by atoms with van der Waals surface area (Å²) in [6.07, 6.45) is -4.51. The van der Waals surface area contributed by atoms with Crippen molar-refractivity contribution in [2.24, 2.45) is 0 Å². The van der Waals surface area contributed by atoms with Crippen LogP contribution in [0, 0.1) is 17.1 Å². The van der Waals surface area contributed by atoms with Crippen molar-refractivity contribution in [1.82, 2.24) is 0 Å². The molecule has 96 valence electrons. The van der Waals surface area contributed by atoms with Gasteiger partial charge in [0.2, 0.25) is 0 Å². The van der Waals surface area contributed by atoms with E-state index in [9.17, 15) is 17.6 Å². The first-order valence-electron chi connectivity index (χ1n) is 5.29. The van der Waals surface area contributed by atoms with Crippen LogP contribution in [-0.4, -0.2) is 0 Å². The third-order valence-electron chi connectivity index (χ3n) is 2.63. The van der Waals surface area contributed by atoms with Gasteiger partial charge >= 0.3 is 6.18 Å². The smallest absolute Gasteiger partial charge is 0.206 e. The number of hydrogen-bond donors (Lipinski definition) is 0. The van der Waals surface area contributed by atoms with Gasteiger partial charge < -0.3 is 0 Å². The van der Waals surface area contributed by atoms with Gasteiger partial charge in [0.25, 0.3) is 0 Å². The van der Waals surface area contributed by atoms with E-state index in [0.29, 0.717) is 0 Å². The molecule has 0 aliphatic heterocycles. The maximum Gasteiger partial charge on any atom is 0.417 e. The zero-order valence-corrected chi connectivity index (χ0v) is 9.50. The lowest BCUT2D eigenvalue weighted by Crippen LogP contribution is -2.06. The zero-order chi connectivity index (χ0) is 14.0. The van der Waals surface area contributed by atoms with Crippen LogP contribution in [0.3, 0.4) is 0 Å². The van der Waals surface area contributed by atoms with Crippen molar-refractivity contribution in [1.29, 1.82) is 5.26 Å². The lowest BCUT2D eigenvalue weighted by molar-refractivity contribution is -0.137. The molecule has 0 saturated carbocycles. The van der Waals surface area contributed by atoms with Crippen LogP contribution >= 0.6 is 0 Å². The van der Waals surface area contributed by atoms with Gasteiger partial charge in [-0.3, -0.25) is 0 Å². The van der Waals surface area contributed by atoms with E-state index in [0.717, 1.165) is 18.2 Å². The van der Waals surface area contributed by atoms with Crippen molar-refractivity contribution in [3.63, 3.8) is 0 Å². The summed E-state index contributed by atoms with van der Waals surface area (Å²) < 4.78 is 52.0. The minimum Gasteiger partial charge on any atom is -0.206 e. The molecule has 2 aromatic carbocycles. The van der Waals surface area contributed by atoms with E-state index in [1.807, 2.05) is 0 Å². The van der Waals surface area contributed by atoms with Gasteiger partial charge in [-0.15, -0.1) is 0 Å². The maximum absolute atomic E-state index is 13.5. The minimum atomic E-state index is -4.51. The van der Waals surface area contributed by atoms with Crippen molar-refractivity contribution >= 4 is 0 Å². The summed E-state index contributed by atoms with van der Waals surface area (Å²) in [4.78, 5) is 0. The van der Waals surface area contributed by atoms with Crippen molar-refractivity contribution < 1.29 is 17.6 Å². The summed E-state index contributed by atoms with van der Waals surface area (Å²) >= 11 is 0. The van der Waals surface area contributed by atoms with E-state index in [2.05, 4.69) is 0 Å². The Kier molecular flexibility index (Phi) is 3.26. The van der Waals surface area contributed by atoms with Gasteiger partial charge in [-0.25, -0.2) is 4.39 Å². The quantitative estimate of drug-likeness (QED) is 0.702. The molecule has 2 aromatic rings. The first kappa shape index (κ1) is 13.1. The standard InChI is InChI=1S/C14H7F4N/c15-13-7-9(5-6-10(13)8-19)11-3-1-2-4-12(11)14(16,17)18/h1-7H. The van der Waals surface area contributed by atoms with Gasteiger partial charge in [0, 0.05) is 0 Å². The molecule has 2 rings (SSSR count). The topological polar surface area (TPSA) is 23.8 Å². The summed E-state index contributed by atoms with van der Waals surface area (Å²) in [5, 5.41) is 8.59. The highest BCUT2D eigenvalue weighted by molar-refractivity contribution is 5.68. The molecule has 0 aliphatic rings. The second-order valence-electron chi connectivity index (χ2n) is 3.85. The molecular formula is C14H7F4N. The van der Waals surface area contributed by atoms with Crippen LogP contribution in [0.25, 0.3) is 11.1 Å². The van der Waals surface area contributed by atoms with Crippen LogP contribution in [-0.2, 0) is 6.18 Å². The van der Waals surface area contributed by atoms with E-state index in [1.54, 1.807) is 6.07 Å². The minimum absolute atomic E-state index is 0.0874. The number of nitrogens with zero attached hydrogens (tertiary/aromatic N) is 1. The monoisotopic (exact) mass is 265 g/mol. The van der Waals surface area contributed by atoms with Crippen molar-refractivity contribution in [3.05, 3.63) is 59.4 Å². The molecule has 0 unspecified atom stereocenters. The van der Waals surface area contributed by atoms with Crippen LogP contribution in [0.5, 0.6) is 0 Å². The molecule has 0 amide bonds. The molecule has 5 heteroatoms. The number of halogens is 4. The van der Waals surface area contributed by atoms with E-state index >= 15 is 0 Å². The molecule has 0 aliphatic carbocycles. The third kappa shape index (κ3) is 2.58. The molecule has 0 saturated heterocycles. The summed E-state index contributed by atoms with van der Waals surface area (Å²) in [5.74, 6) is -0.836. The fraction of sp³-hybridized carbons (Fsp3) is 0.0714. The van der Waals surface area contributed by atoms with Crippen LogP contribution in [0.2, 0.25) is 0 Å². The first-order valence-corrected chi connectivity index (χ1v) is 5.29. The summed E-state index contributed by atoms with van der Waals surface area (Å²) in [7, 11) is 0. The molecule has 0 spiro atoms. The second kappa shape index (κ2) is 4.73. The summed E-state index contributed by atoms with van der Waals surface area (Å²) in [6, 6.07) is 9.94. The molecule has 0 fully saturated rings. The molecule has 0 heterocycles. The summed E-state index contributed by atoms with van der Waals surface area (Å²) in [6.45, 7) is 0. The van der Waals surface area contributed by atoms with E-state index in [1.165, 1.54) is 24.3 Å². The maximum atomic E-state index is 13.5. The van der Waals surface area contributed by atoms with Crippen molar-refractivity contribution in [2.75, 3.05) is 0 Å². The van der Waals surface area contributed by atoms with Gasteiger partial charge in [-0.2, -0.15) is 18.4 Å². The largest absolute Gasteiger partial charge is 0.417 e. The van der Waals surface area contributed by atoms with Crippen molar-refractivity contribution in [3.8, 4) is 17.2 Å². The number of benzene rings is 2. The first-order chi connectivity index (χ1) is 8.93.